The number of benzene rings is 3. The highest BCUT2D eigenvalue weighted by Gasteiger charge is 2.23. The number of nitro groups is 1. The van der Waals surface area contributed by atoms with Crippen LogP contribution in [-0.2, 0) is 6.42 Å². The third kappa shape index (κ3) is 4.35. The zero-order valence-electron chi connectivity index (χ0n) is 17.0. The number of nitrogens with one attached hydrogen (secondary N) is 1. The topological polar surface area (TPSA) is 90.7 Å². The monoisotopic (exact) mass is 418 g/mol. The fourth-order valence-electron chi connectivity index (χ4n) is 3.75. The lowest BCUT2D eigenvalue weighted by atomic mass is 9.94. The standard InChI is InChI=1S/C24H22N2O5/c1-30-22-12-10-19(15-20(22)26(28)29)24(27)25-23(16-6-3-2-4-7-16)18-9-11-21-17(14-18)8-5-13-31-21/h2-4,6-7,9-12,14-15,23H,5,8,13H2,1H3,(H,25,27). The molecular formula is C24H22N2O5. The Bertz CT molecular complexity index is 1110. The Balaban J connectivity index is 1.68. The molecule has 0 aliphatic carbocycles. The number of hydrogen-bond acceptors (Lipinski definition) is 5. The van der Waals surface area contributed by atoms with E-state index in [0.29, 0.717) is 6.61 Å². The van der Waals surface area contributed by atoms with Crippen molar-refractivity contribution in [1.29, 1.82) is 0 Å². The van der Waals surface area contributed by atoms with Gasteiger partial charge in [-0.1, -0.05) is 36.4 Å². The van der Waals surface area contributed by atoms with E-state index in [9.17, 15) is 14.9 Å². The SMILES string of the molecule is COc1ccc(C(=O)NC(c2ccccc2)c2ccc3c(c2)CCCO3)cc1[N+](=O)[O-]. The molecule has 1 aliphatic rings. The van der Waals surface area contributed by atoms with Crippen LogP contribution < -0.4 is 14.8 Å². The molecule has 0 saturated carbocycles. The summed E-state index contributed by atoms with van der Waals surface area (Å²) in [5.41, 5.74) is 2.88. The van der Waals surface area contributed by atoms with E-state index in [0.717, 1.165) is 35.3 Å². The molecule has 4 rings (SSSR count). The van der Waals surface area contributed by atoms with Gasteiger partial charge in [0.15, 0.2) is 5.75 Å². The van der Waals surface area contributed by atoms with Crippen LogP contribution in [0, 0.1) is 10.1 Å². The van der Waals surface area contributed by atoms with Gasteiger partial charge in [0.25, 0.3) is 5.91 Å². The van der Waals surface area contributed by atoms with Gasteiger partial charge in [-0.15, -0.1) is 0 Å². The third-order valence-electron chi connectivity index (χ3n) is 5.31. The largest absolute Gasteiger partial charge is 0.493 e. The number of rotatable bonds is 6. The van der Waals surface area contributed by atoms with E-state index in [1.54, 1.807) is 0 Å². The van der Waals surface area contributed by atoms with Gasteiger partial charge in [-0.25, -0.2) is 0 Å². The molecular weight excluding hydrogens is 396 g/mol. The summed E-state index contributed by atoms with van der Waals surface area (Å²) >= 11 is 0. The molecule has 31 heavy (non-hydrogen) atoms. The molecule has 3 aromatic rings. The van der Waals surface area contributed by atoms with Crippen LogP contribution in [0.25, 0.3) is 0 Å². The molecule has 1 aliphatic heterocycles. The minimum absolute atomic E-state index is 0.107. The first-order valence-corrected chi connectivity index (χ1v) is 10.0. The van der Waals surface area contributed by atoms with Gasteiger partial charge in [-0.05, 0) is 53.8 Å². The number of nitro benzene ring substituents is 1. The number of ether oxygens (including phenoxy) is 2. The average molecular weight is 418 g/mol. The molecule has 1 atom stereocenters. The van der Waals surface area contributed by atoms with Crippen molar-refractivity contribution in [2.24, 2.45) is 0 Å². The molecule has 0 bridgehead atoms. The van der Waals surface area contributed by atoms with Crippen LogP contribution in [-0.4, -0.2) is 24.5 Å². The summed E-state index contributed by atoms with van der Waals surface area (Å²) in [6, 6.07) is 19.3. The zero-order chi connectivity index (χ0) is 21.8. The van der Waals surface area contributed by atoms with Crippen LogP contribution in [0.4, 0.5) is 5.69 Å². The van der Waals surface area contributed by atoms with E-state index in [-0.39, 0.29) is 17.0 Å². The van der Waals surface area contributed by atoms with Crippen molar-refractivity contribution in [2.75, 3.05) is 13.7 Å². The van der Waals surface area contributed by atoms with Gasteiger partial charge in [0.2, 0.25) is 0 Å². The molecule has 0 fully saturated rings. The smallest absolute Gasteiger partial charge is 0.311 e. The second kappa shape index (κ2) is 8.87. The summed E-state index contributed by atoms with van der Waals surface area (Å²) in [6.07, 6.45) is 1.87. The van der Waals surface area contributed by atoms with Gasteiger partial charge in [0, 0.05) is 11.6 Å². The predicted molar refractivity (Wildman–Crippen MR) is 116 cm³/mol. The van der Waals surface area contributed by atoms with Crippen LogP contribution in [0.3, 0.4) is 0 Å². The minimum atomic E-state index is -0.562. The molecule has 1 unspecified atom stereocenters. The van der Waals surface area contributed by atoms with Crippen molar-refractivity contribution < 1.29 is 19.2 Å². The number of fused-ring (bicyclic) bond motifs is 1. The Labute approximate surface area is 179 Å². The zero-order valence-corrected chi connectivity index (χ0v) is 17.0. The molecule has 3 aromatic carbocycles. The van der Waals surface area contributed by atoms with Crippen LogP contribution >= 0.6 is 0 Å². The van der Waals surface area contributed by atoms with Crippen molar-refractivity contribution in [3.8, 4) is 11.5 Å². The quantitative estimate of drug-likeness (QED) is 0.472. The molecule has 0 saturated heterocycles. The third-order valence-corrected chi connectivity index (χ3v) is 5.31. The number of hydrogen-bond donors (Lipinski definition) is 1. The maximum atomic E-state index is 13.1. The summed E-state index contributed by atoms with van der Waals surface area (Å²) in [7, 11) is 1.35. The van der Waals surface area contributed by atoms with Gasteiger partial charge in [0.05, 0.1) is 24.7 Å². The van der Waals surface area contributed by atoms with Crippen LogP contribution in [0.15, 0.2) is 66.7 Å². The number of nitrogens with zero attached hydrogens (tertiary/aromatic N) is 1. The normalized spacial score (nSPS) is 13.5. The minimum Gasteiger partial charge on any atom is -0.493 e. The van der Waals surface area contributed by atoms with Crippen LogP contribution in [0.2, 0.25) is 0 Å². The molecule has 1 N–H and O–H groups in total. The van der Waals surface area contributed by atoms with Crippen molar-refractivity contribution in [1.82, 2.24) is 5.32 Å². The molecule has 1 amide bonds. The molecule has 158 valence electrons. The van der Waals surface area contributed by atoms with E-state index >= 15 is 0 Å². The number of amides is 1. The molecule has 1 heterocycles. The number of carbonyl (C=O) groups excluding carboxylic acids is 1. The lowest BCUT2D eigenvalue weighted by Crippen LogP contribution is -2.29. The van der Waals surface area contributed by atoms with Crippen molar-refractivity contribution >= 4 is 11.6 Å². The van der Waals surface area contributed by atoms with Gasteiger partial charge < -0.3 is 14.8 Å². The lowest BCUT2D eigenvalue weighted by Gasteiger charge is -2.23. The summed E-state index contributed by atoms with van der Waals surface area (Å²) < 4.78 is 10.7. The highest BCUT2D eigenvalue weighted by atomic mass is 16.6. The molecule has 0 aromatic heterocycles. The highest BCUT2D eigenvalue weighted by Crippen LogP contribution is 2.31. The van der Waals surface area contributed by atoms with E-state index in [4.69, 9.17) is 9.47 Å². The van der Waals surface area contributed by atoms with Gasteiger partial charge in [-0.3, -0.25) is 14.9 Å². The Morgan fingerprint density at radius 1 is 1.10 bits per heavy atom. The molecule has 7 heteroatoms. The van der Waals surface area contributed by atoms with Crippen molar-refractivity contribution in [3.63, 3.8) is 0 Å². The fourth-order valence-corrected chi connectivity index (χ4v) is 3.75. The summed E-state index contributed by atoms with van der Waals surface area (Å²) in [6.45, 7) is 0.710. The summed E-state index contributed by atoms with van der Waals surface area (Å²) in [5, 5.41) is 14.4. The fraction of sp³-hybridized carbons (Fsp3) is 0.208. The van der Waals surface area contributed by atoms with E-state index in [2.05, 4.69) is 11.4 Å². The Hall–Kier alpha value is -3.87. The highest BCUT2D eigenvalue weighted by molar-refractivity contribution is 5.95. The maximum Gasteiger partial charge on any atom is 0.311 e. The maximum absolute atomic E-state index is 13.1. The van der Waals surface area contributed by atoms with Gasteiger partial charge in [-0.2, -0.15) is 0 Å². The van der Waals surface area contributed by atoms with Crippen molar-refractivity contribution in [3.05, 3.63) is 99.1 Å². The summed E-state index contributed by atoms with van der Waals surface area (Å²) in [4.78, 5) is 23.8. The Morgan fingerprint density at radius 2 is 1.90 bits per heavy atom. The number of methoxy groups -OCH3 is 1. The van der Waals surface area contributed by atoms with Crippen LogP contribution in [0.5, 0.6) is 11.5 Å². The van der Waals surface area contributed by atoms with E-state index < -0.39 is 16.9 Å². The molecule has 0 spiro atoms. The van der Waals surface area contributed by atoms with Crippen LogP contribution in [0.1, 0.15) is 39.5 Å². The number of aryl methyl sites for hydroxylation is 1. The first-order chi connectivity index (χ1) is 15.1. The van der Waals surface area contributed by atoms with Crippen molar-refractivity contribution in [2.45, 2.75) is 18.9 Å². The average Bonchev–Trinajstić information content (AvgIpc) is 2.82. The summed E-state index contributed by atoms with van der Waals surface area (Å²) in [5.74, 6) is 0.573. The van der Waals surface area contributed by atoms with Gasteiger partial charge >= 0.3 is 5.69 Å². The lowest BCUT2D eigenvalue weighted by molar-refractivity contribution is -0.385. The first kappa shape index (κ1) is 20.4. The van der Waals surface area contributed by atoms with E-state index in [1.165, 1.54) is 25.3 Å². The second-order valence-corrected chi connectivity index (χ2v) is 7.28. The first-order valence-electron chi connectivity index (χ1n) is 10.0. The number of carbonyl (C=O) groups is 1. The molecule has 7 nitrogen and oxygen atoms in total. The van der Waals surface area contributed by atoms with E-state index in [1.807, 2.05) is 42.5 Å². The molecule has 0 radical (unpaired) electrons. The Morgan fingerprint density at radius 3 is 2.65 bits per heavy atom. The predicted octanol–water partition coefficient (Wildman–Crippen LogP) is 4.45. The second-order valence-electron chi connectivity index (χ2n) is 7.28. The Kier molecular flexibility index (Phi) is 5.84. The van der Waals surface area contributed by atoms with Gasteiger partial charge in [0.1, 0.15) is 5.75 Å².